The van der Waals surface area contributed by atoms with Gasteiger partial charge in [-0.3, -0.25) is 4.21 Å². The molecule has 5 nitrogen and oxygen atoms in total. The maximum atomic E-state index is 11.8. The number of nitrogens with zero attached hydrogens (tertiary/aromatic N) is 2. The number of hydrogen-bond acceptors (Lipinski definition) is 3. The van der Waals surface area contributed by atoms with Crippen LogP contribution in [0.1, 0.15) is 5.56 Å². The van der Waals surface area contributed by atoms with Crippen molar-refractivity contribution in [3.05, 3.63) is 54.1 Å². The monoisotopic (exact) mass is 300 g/mol. The molecule has 2 rings (SSSR count). The van der Waals surface area contributed by atoms with E-state index in [0.717, 1.165) is 21.6 Å². The number of nitrogens with two attached hydrogens (primary N) is 2. The highest BCUT2D eigenvalue weighted by molar-refractivity contribution is 7.84. The van der Waals surface area contributed by atoms with Crippen LogP contribution in [0.25, 0.3) is 11.1 Å². The third-order valence-electron chi connectivity index (χ3n) is 2.80. The van der Waals surface area contributed by atoms with Crippen LogP contribution in [-0.2, 0) is 10.8 Å². The predicted octanol–water partition coefficient (Wildman–Crippen LogP) is 1.70. The van der Waals surface area contributed by atoms with Crippen molar-refractivity contribution in [2.75, 3.05) is 6.26 Å². The Labute approximate surface area is 125 Å². The van der Waals surface area contributed by atoms with E-state index in [4.69, 9.17) is 11.5 Å². The first kappa shape index (κ1) is 14.9. The molecular formula is C15H16N4OS. The summed E-state index contributed by atoms with van der Waals surface area (Å²) in [5.41, 5.74) is 13.2. The molecular weight excluding hydrogens is 284 g/mol. The third kappa shape index (κ3) is 4.00. The van der Waals surface area contributed by atoms with Crippen LogP contribution in [0, 0.1) is 0 Å². The Kier molecular flexibility index (Phi) is 4.84. The minimum absolute atomic E-state index is 0.0813. The van der Waals surface area contributed by atoms with E-state index in [1.807, 2.05) is 48.5 Å². The summed E-state index contributed by atoms with van der Waals surface area (Å²) in [6.07, 6.45) is 3.24. The van der Waals surface area contributed by atoms with Gasteiger partial charge in [0.1, 0.15) is 0 Å². The molecule has 2 aromatic rings. The minimum atomic E-state index is -1.03. The van der Waals surface area contributed by atoms with Crippen LogP contribution < -0.4 is 11.5 Å². The van der Waals surface area contributed by atoms with Crippen LogP contribution >= 0.6 is 0 Å². The average Bonchev–Trinajstić information content (AvgIpc) is 2.47. The van der Waals surface area contributed by atoms with Crippen molar-refractivity contribution >= 4 is 23.0 Å². The van der Waals surface area contributed by atoms with E-state index in [1.54, 1.807) is 12.5 Å². The Bertz CT molecular complexity index is 704. The molecule has 0 spiro atoms. The maximum Gasteiger partial charge on any atom is 0.211 e. The Balaban J connectivity index is 2.30. The van der Waals surface area contributed by atoms with E-state index >= 15 is 0 Å². The first-order chi connectivity index (χ1) is 10.1. The van der Waals surface area contributed by atoms with Crippen molar-refractivity contribution in [1.29, 1.82) is 0 Å². The van der Waals surface area contributed by atoms with Gasteiger partial charge < -0.3 is 11.5 Å². The summed E-state index contributed by atoms with van der Waals surface area (Å²) in [4.78, 5) is 0.819. The minimum Gasteiger partial charge on any atom is -0.369 e. The summed E-state index contributed by atoms with van der Waals surface area (Å²) in [6, 6.07) is 15.3. The van der Waals surface area contributed by atoms with Crippen molar-refractivity contribution in [3.8, 4) is 11.1 Å². The molecule has 21 heavy (non-hydrogen) atoms. The number of benzene rings is 2. The van der Waals surface area contributed by atoms with Gasteiger partial charge >= 0.3 is 0 Å². The number of guanidine groups is 1. The molecule has 0 fully saturated rings. The fraction of sp³-hybridized carbons (Fsp3) is 0.0667. The van der Waals surface area contributed by atoms with Crippen molar-refractivity contribution < 1.29 is 4.21 Å². The molecule has 0 radical (unpaired) electrons. The smallest absolute Gasteiger partial charge is 0.211 e. The molecule has 0 aromatic heterocycles. The molecule has 0 aliphatic rings. The van der Waals surface area contributed by atoms with Crippen LogP contribution in [0.4, 0.5) is 0 Å². The summed E-state index contributed by atoms with van der Waals surface area (Å²) in [6.45, 7) is 0. The van der Waals surface area contributed by atoms with E-state index in [0.29, 0.717) is 0 Å². The maximum absolute atomic E-state index is 11.8. The first-order valence-corrected chi connectivity index (χ1v) is 7.78. The van der Waals surface area contributed by atoms with Gasteiger partial charge in [0.25, 0.3) is 0 Å². The van der Waals surface area contributed by atoms with Gasteiger partial charge in [-0.05, 0) is 22.8 Å². The second-order valence-corrected chi connectivity index (χ2v) is 5.69. The zero-order valence-electron chi connectivity index (χ0n) is 11.6. The Morgan fingerprint density at radius 2 is 1.76 bits per heavy atom. The van der Waals surface area contributed by atoms with E-state index in [9.17, 15) is 4.21 Å². The SMILES string of the molecule is CS(=O)c1ccccc1-c1ccc(C=NN=C(N)N)cc1. The van der Waals surface area contributed by atoms with E-state index < -0.39 is 10.8 Å². The van der Waals surface area contributed by atoms with E-state index in [2.05, 4.69) is 10.2 Å². The number of rotatable bonds is 4. The molecule has 4 N–H and O–H groups in total. The lowest BCUT2D eigenvalue weighted by Crippen LogP contribution is -2.21. The molecule has 0 saturated heterocycles. The highest BCUT2D eigenvalue weighted by Gasteiger charge is 2.07. The second kappa shape index (κ2) is 6.81. The molecule has 0 bridgehead atoms. The fourth-order valence-corrected chi connectivity index (χ4v) is 2.63. The lowest BCUT2D eigenvalue weighted by molar-refractivity contribution is 0.687. The van der Waals surface area contributed by atoms with Crippen LogP contribution in [0.15, 0.2) is 63.6 Å². The summed E-state index contributed by atoms with van der Waals surface area (Å²) < 4.78 is 11.8. The molecule has 0 aliphatic heterocycles. The summed E-state index contributed by atoms with van der Waals surface area (Å²) in [7, 11) is -1.03. The first-order valence-electron chi connectivity index (χ1n) is 6.23. The van der Waals surface area contributed by atoms with Crippen molar-refractivity contribution in [3.63, 3.8) is 0 Å². The van der Waals surface area contributed by atoms with Crippen LogP contribution in [0.3, 0.4) is 0 Å². The molecule has 2 aromatic carbocycles. The molecule has 0 saturated carbocycles. The molecule has 1 unspecified atom stereocenters. The summed E-state index contributed by atoms with van der Waals surface area (Å²) in [5.74, 6) is -0.0813. The number of hydrogen-bond donors (Lipinski definition) is 2. The van der Waals surface area contributed by atoms with Crippen molar-refractivity contribution in [2.45, 2.75) is 4.90 Å². The van der Waals surface area contributed by atoms with Crippen LogP contribution in [0.2, 0.25) is 0 Å². The largest absolute Gasteiger partial charge is 0.369 e. The van der Waals surface area contributed by atoms with Gasteiger partial charge in [-0.1, -0.05) is 42.5 Å². The second-order valence-electron chi connectivity index (χ2n) is 4.34. The standard InChI is InChI=1S/C15H16N4OS/c1-21(20)14-5-3-2-4-13(14)12-8-6-11(7-9-12)10-18-19-15(16)17/h2-10H,1H3,(H4,16,17,19). The summed E-state index contributed by atoms with van der Waals surface area (Å²) in [5, 5.41) is 7.29. The lowest BCUT2D eigenvalue weighted by atomic mass is 10.0. The highest BCUT2D eigenvalue weighted by atomic mass is 32.2. The normalized spacial score (nSPS) is 12.2. The lowest BCUT2D eigenvalue weighted by Gasteiger charge is -2.07. The summed E-state index contributed by atoms with van der Waals surface area (Å²) >= 11 is 0. The zero-order chi connectivity index (χ0) is 15.2. The van der Waals surface area contributed by atoms with Gasteiger partial charge in [0.2, 0.25) is 5.96 Å². The Hall–Kier alpha value is -2.47. The zero-order valence-corrected chi connectivity index (χ0v) is 12.4. The van der Waals surface area contributed by atoms with Gasteiger partial charge in [0.05, 0.1) is 17.0 Å². The Morgan fingerprint density at radius 1 is 1.10 bits per heavy atom. The van der Waals surface area contributed by atoms with Gasteiger partial charge in [-0.25, -0.2) is 0 Å². The molecule has 1 atom stereocenters. The van der Waals surface area contributed by atoms with Crippen LogP contribution in [0.5, 0.6) is 0 Å². The predicted molar refractivity (Wildman–Crippen MR) is 87.6 cm³/mol. The van der Waals surface area contributed by atoms with E-state index in [1.165, 1.54) is 0 Å². The van der Waals surface area contributed by atoms with Gasteiger partial charge in [-0.15, -0.1) is 5.10 Å². The van der Waals surface area contributed by atoms with Crippen molar-refractivity contribution in [1.82, 2.24) is 0 Å². The molecule has 0 aliphatic carbocycles. The fourth-order valence-electron chi connectivity index (χ4n) is 1.87. The van der Waals surface area contributed by atoms with Gasteiger partial charge in [0.15, 0.2) is 0 Å². The quantitative estimate of drug-likeness (QED) is 0.511. The topological polar surface area (TPSA) is 93.8 Å². The van der Waals surface area contributed by atoms with Crippen molar-refractivity contribution in [2.24, 2.45) is 21.7 Å². The Morgan fingerprint density at radius 3 is 2.38 bits per heavy atom. The average molecular weight is 300 g/mol. The van der Waals surface area contributed by atoms with Gasteiger partial charge in [0, 0.05) is 11.2 Å². The highest BCUT2D eigenvalue weighted by Crippen LogP contribution is 2.25. The third-order valence-corrected chi connectivity index (χ3v) is 3.77. The van der Waals surface area contributed by atoms with Gasteiger partial charge in [-0.2, -0.15) is 5.10 Å². The van der Waals surface area contributed by atoms with E-state index in [-0.39, 0.29) is 5.96 Å². The molecule has 0 amide bonds. The van der Waals surface area contributed by atoms with Crippen LogP contribution in [-0.4, -0.2) is 22.6 Å². The molecule has 108 valence electrons. The molecule has 0 heterocycles. The molecule has 6 heteroatoms.